The Kier molecular flexibility index (Phi) is 4.53. The first-order valence-electron chi connectivity index (χ1n) is 8.71. The molecule has 1 unspecified atom stereocenters. The summed E-state index contributed by atoms with van der Waals surface area (Å²) in [5.74, 6) is 0. The van der Waals surface area contributed by atoms with Gasteiger partial charge in [-0.25, -0.2) is 14.5 Å². The largest absolute Gasteiger partial charge is 0.331 e. The van der Waals surface area contributed by atoms with Crippen molar-refractivity contribution in [2.75, 3.05) is 5.32 Å². The number of aromatic nitrogens is 3. The first-order chi connectivity index (χ1) is 13.2. The summed E-state index contributed by atoms with van der Waals surface area (Å²) in [6, 6.07) is 21.3. The Morgan fingerprint density at radius 3 is 2.56 bits per heavy atom. The molecule has 1 heterocycles. The summed E-state index contributed by atoms with van der Waals surface area (Å²) in [4.78, 5) is 16.4. The summed E-state index contributed by atoms with van der Waals surface area (Å²) < 4.78 is 1.69. The molecule has 0 radical (unpaired) electrons. The predicted molar refractivity (Wildman–Crippen MR) is 106 cm³/mol. The molecule has 0 aliphatic rings. The fraction of sp³-hybridized carbons (Fsp3) is 0.0952. The summed E-state index contributed by atoms with van der Waals surface area (Å²) in [6.45, 7) is 1.95. The van der Waals surface area contributed by atoms with E-state index in [0.29, 0.717) is 0 Å². The maximum Gasteiger partial charge on any atom is 0.319 e. The first-order valence-corrected chi connectivity index (χ1v) is 8.71. The lowest BCUT2D eigenvalue weighted by molar-refractivity contribution is 0.249. The van der Waals surface area contributed by atoms with Crippen molar-refractivity contribution in [2.45, 2.75) is 13.0 Å². The van der Waals surface area contributed by atoms with Crippen molar-refractivity contribution in [3.05, 3.63) is 84.9 Å². The van der Waals surface area contributed by atoms with Gasteiger partial charge in [-0.15, -0.1) is 0 Å². The molecular weight excluding hydrogens is 338 g/mol. The first kappa shape index (κ1) is 16.8. The van der Waals surface area contributed by atoms with E-state index in [4.69, 9.17) is 0 Å². The number of hydrogen-bond acceptors (Lipinski definition) is 3. The lowest BCUT2D eigenvalue weighted by Crippen LogP contribution is -2.31. The third kappa shape index (κ3) is 3.64. The van der Waals surface area contributed by atoms with E-state index in [9.17, 15) is 4.79 Å². The fourth-order valence-electron chi connectivity index (χ4n) is 3.03. The van der Waals surface area contributed by atoms with Gasteiger partial charge in [0.25, 0.3) is 0 Å². The van der Waals surface area contributed by atoms with Crippen LogP contribution in [0.25, 0.3) is 16.5 Å². The summed E-state index contributed by atoms with van der Waals surface area (Å²) in [5.41, 5.74) is 2.72. The molecule has 0 spiro atoms. The normalized spacial score (nSPS) is 11.9. The highest BCUT2D eigenvalue weighted by Gasteiger charge is 2.11. The van der Waals surface area contributed by atoms with E-state index >= 15 is 0 Å². The van der Waals surface area contributed by atoms with Gasteiger partial charge in [0, 0.05) is 5.39 Å². The summed E-state index contributed by atoms with van der Waals surface area (Å²) in [6.07, 6.45) is 3.14. The Labute approximate surface area is 156 Å². The zero-order valence-electron chi connectivity index (χ0n) is 14.8. The average molecular weight is 357 g/mol. The van der Waals surface area contributed by atoms with Crippen LogP contribution in [0.4, 0.5) is 10.5 Å². The lowest BCUT2D eigenvalue weighted by atomic mass is 10.1. The monoisotopic (exact) mass is 357 g/mol. The van der Waals surface area contributed by atoms with E-state index in [0.717, 1.165) is 27.7 Å². The smallest absolute Gasteiger partial charge is 0.319 e. The van der Waals surface area contributed by atoms with Gasteiger partial charge in [0.15, 0.2) is 0 Å². The highest BCUT2D eigenvalue weighted by molar-refractivity contribution is 6.01. The molecule has 134 valence electrons. The number of amides is 2. The van der Waals surface area contributed by atoms with Crippen molar-refractivity contribution in [3.63, 3.8) is 0 Å². The molecule has 3 aromatic carbocycles. The van der Waals surface area contributed by atoms with Gasteiger partial charge >= 0.3 is 6.03 Å². The van der Waals surface area contributed by atoms with Crippen LogP contribution in [-0.2, 0) is 0 Å². The fourth-order valence-corrected chi connectivity index (χ4v) is 3.03. The number of urea groups is 1. The van der Waals surface area contributed by atoms with Crippen LogP contribution >= 0.6 is 0 Å². The van der Waals surface area contributed by atoms with E-state index in [1.54, 1.807) is 11.0 Å². The predicted octanol–water partition coefficient (Wildman–Crippen LogP) is 4.30. The molecule has 1 atom stereocenters. The molecule has 27 heavy (non-hydrogen) atoms. The molecule has 0 fully saturated rings. The number of carbonyl (C=O) groups excluding carboxylic acids is 1. The van der Waals surface area contributed by atoms with Crippen molar-refractivity contribution < 1.29 is 4.79 Å². The maximum absolute atomic E-state index is 12.4. The minimum Gasteiger partial charge on any atom is -0.331 e. The standard InChI is InChI=1S/C21H19N5O/c1-15(16-9-11-18(12-10-16)26-14-22-13-23-26)24-21(27)25-20-8-4-6-17-5-2-3-7-19(17)20/h2-15H,1H3,(H2,24,25,27). The van der Waals surface area contributed by atoms with E-state index in [2.05, 4.69) is 20.7 Å². The molecule has 0 bridgehead atoms. The molecule has 0 saturated heterocycles. The van der Waals surface area contributed by atoms with Gasteiger partial charge in [0.2, 0.25) is 0 Å². The van der Waals surface area contributed by atoms with Crippen molar-refractivity contribution in [1.82, 2.24) is 20.1 Å². The van der Waals surface area contributed by atoms with Crippen molar-refractivity contribution in [1.29, 1.82) is 0 Å². The van der Waals surface area contributed by atoms with Crippen LogP contribution in [0.3, 0.4) is 0 Å². The maximum atomic E-state index is 12.4. The highest BCUT2D eigenvalue weighted by Crippen LogP contribution is 2.23. The number of anilines is 1. The van der Waals surface area contributed by atoms with E-state index in [-0.39, 0.29) is 12.1 Å². The number of nitrogens with zero attached hydrogens (tertiary/aromatic N) is 3. The zero-order valence-corrected chi connectivity index (χ0v) is 14.8. The Morgan fingerprint density at radius 2 is 1.78 bits per heavy atom. The van der Waals surface area contributed by atoms with Gasteiger partial charge in [-0.3, -0.25) is 0 Å². The van der Waals surface area contributed by atoms with Gasteiger partial charge in [0.05, 0.1) is 17.4 Å². The van der Waals surface area contributed by atoms with Crippen LogP contribution in [0, 0.1) is 0 Å². The number of hydrogen-bond donors (Lipinski definition) is 2. The van der Waals surface area contributed by atoms with Gasteiger partial charge in [-0.2, -0.15) is 5.10 Å². The van der Waals surface area contributed by atoms with Crippen LogP contribution in [0.2, 0.25) is 0 Å². The van der Waals surface area contributed by atoms with Crippen LogP contribution < -0.4 is 10.6 Å². The van der Waals surface area contributed by atoms with E-state index < -0.39 is 0 Å². The van der Waals surface area contributed by atoms with Gasteiger partial charge < -0.3 is 10.6 Å². The Hall–Kier alpha value is -3.67. The molecular formula is C21H19N5O. The van der Waals surface area contributed by atoms with Crippen molar-refractivity contribution >= 4 is 22.5 Å². The van der Waals surface area contributed by atoms with Crippen LogP contribution in [0.1, 0.15) is 18.5 Å². The summed E-state index contributed by atoms with van der Waals surface area (Å²) >= 11 is 0. The van der Waals surface area contributed by atoms with Gasteiger partial charge in [-0.05, 0) is 36.1 Å². The second-order valence-corrected chi connectivity index (χ2v) is 6.28. The van der Waals surface area contributed by atoms with Crippen LogP contribution in [0.5, 0.6) is 0 Å². The molecule has 2 amide bonds. The molecule has 4 rings (SSSR count). The minimum atomic E-state index is -0.237. The molecule has 2 N–H and O–H groups in total. The second kappa shape index (κ2) is 7.29. The molecule has 0 aliphatic carbocycles. The molecule has 0 aliphatic heterocycles. The summed E-state index contributed by atoms with van der Waals surface area (Å²) in [7, 11) is 0. The van der Waals surface area contributed by atoms with E-state index in [1.807, 2.05) is 73.7 Å². The molecule has 1 aromatic heterocycles. The van der Waals surface area contributed by atoms with Crippen LogP contribution in [0.15, 0.2) is 79.4 Å². The third-order valence-corrected chi connectivity index (χ3v) is 4.46. The van der Waals surface area contributed by atoms with Crippen molar-refractivity contribution in [2.24, 2.45) is 0 Å². The minimum absolute atomic E-state index is 0.134. The third-order valence-electron chi connectivity index (χ3n) is 4.46. The van der Waals surface area contributed by atoms with Crippen molar-refractivity contribution in [3.8, 4) is 5.69 Å². The highest BCUT2D eigenvalue weighted by atomic mass is 16.2. The Balaban J connectivity index is 1.44. The number of rotatable bonds is 4. The number of carbonyl (C=O) groups is 1. The molecule has 4 aromatic rings. The molecule has 6 nitrogen and oxygen atoms in total. The zero-order chi connectivity index (χ0) is 18.6. The number of fused-ring (bicyclic) bond motifs is 1. The number of benzene rings is 3. The summed E-state index contributed by atoms with van der Waals surface area (Å²) in [5, 5.41) is 12.1. The molecule has 6 heteroatoms. The van der Waals surface area contributed by atoms with Gasteiger partial charge in [0.1, 0.15) is 12.7 Å². The molecule has 0 saturated carbocycles. The Bertz CT molecular complexity index is 1050. The Morgan fingerprint density at radius 1 is 1.00 bits per heavy atom. The van der Waals surface area contributed by atoms with E-state index in [1.165, 1.54) is 6.33 Å². The average Bonchev–Trinajstić information content (AvgIpc) is 3.23. The number of nitrogens with one attached hydrogen (secondary N) is 2. The van der Waals surface area contributed by atoms with Crippen LogP contribution in [-0.4, -0.2) is 20.8 Å². The van der Waals surface area contributed by atoms with Gasteiger partial charge in [-0.1, -0.05) is 48.5 Å². The topological polar surface area (TPSA) is 71.8 Å². The SMILES string of the molecule is CC(NC(=O)Nc1cccc2ccccc12)c1ccc(-n2cncn2)cc1. The lowest BCUT2D eigenvalue weighted by Gasteiger charge is -2.16. The quantitative estimate of drug-likeness (QED) is 0.572. The second-order valence-electron chi connectivity index (χ2n) is 6.28.